The second-order valence-electron chi connectivity index (χ2n) is 4.25. The zero-order valence-corrected chi connectivity index (χ0v) is 11.6. The van der Waals surface area contributed by atoms with Gasteiger partial charge in [0.25, 0.3) is 0 Å². The highest BCUT2D eigenvalue weighted by molar-refractivity contribution is 6.09. The minimum Gasteiger partial charge on any atom is -0.479 e. The minimum absolute atomic E-state index is 0.165. The molecule has 1 aromatic heterocycles. The van der Waals surface area contributed by atoms with Gasteiger partial charge in [0, 0.05) is 18.0 Å². The van der Waals surface area contributed by atoms with Gasteiger partial charge in [0.2, 0.25) is 11.7 Å². The minimum atomic E-state index is -0.165. The summed E-state index contributed by atoms with van der Waals surface area (Å²) in [5.41, 5.74) is 1.87. The summed E-state index contributed by atoms with van der Waals surface area (Å²) in [5.74, 6) is 0.0857. The van der Waals surface area contributed by atoms with E-state index in [4.69, 9.17) is 4.74 Å². The molecule has 5 heteroatoms. The smallest absolute Gasteiger partial charge is 0.243 e. The zero-order chi connectivity index (χ0) is 14.4. The molecule has 0 aliphatic rings. The summed E-state index contributed by atoms with van der Waals surface area (Å²) in [7, 11) is 3.36. The van der Waals surface area contributed by atoms with Crippen molar-refractivity contribution in [1.82, 2.24) is 15.3 Å². The van der Waals surface area contributed by atoms with Crippen LogP contribution in [-0.2, 0) is 6.42 Å². The van der Waals surface area contributed by atoms with Crippen molar-refractivity contribution in [2.24, 2.45) is 0 Å². The summed E-state index contributed by atoms with van der Waals surface area (Å²) in [6.07, 6.45) is 3.77. The number of ketones is 1. The molecule has 0 aliphatic heterocycles. The van der Waals surface area contributed by atoms with Crippen LogP contribution in [0.5, 0.6) is 5.88 Å². The van der Waals surface area contributed by atoms with Gasteiger partial charge in [-0.3, -0.25) is 4.79 Å². The number of ether oxygens (including phenoxy) is 1. The van der Waals surface area contributed by atoms with Crippen LogP contribution in [0.3, 0.4) is 0 Å². The normalized spacial score (nSPS) is 10.3. The van der Waals surface area contributed by atoms with Gasteiger partial charge < -0.3 is 10.1 Å². The quantitative estimate of drug-likeness (QED) is 0.806. The maximum atomic E-state index is 12.6. The molecule has 0 bridgehead atoms. The van der Waals surface area contributed by atoms with E-state index in [1.807, 2.05) is 25.2 Å². The van der Waals surface area contributed by atoms with Gasteiger partial charge in [0.15, 0.2) is 5.69 Å². The van der Waals surface area contributed by atoms with Gasteiger partial charge in [-0.25, -0.2) is 9.97 Å². The Hall–Kier alpha value is -2.27. The van der Waals surface area contributed by atoms with Crippen molar-refractivity contribution in [3.05, 3.63) is 53.5 Å². The van der Waals surface area contributed by atoms with Crippen molar-refractivity contribution in [3.63, 3.8) is 0 Å². The number of aromatic nitrogens is 2. The lowest BCUT2D eigenvalue weighted by Gasteiger charge is -2.09. The first-order valence-electron chi connectivity index (χ1n) is 6.40. The highest BCUT2D eigenvalue weighted by Crippen LogP contribution is 2.19. The van der Waals surface area contributed by atoms with E-state index in [-0.39, 0.29) is 17.4 Å². The van der Waals surface area contributed by atoms with Gasteiger partial charge in [-0.15, -0.1) is 0 Å². The van der Waals surface area contributed by atoms with Crippen molar-refractivity contribution in [1.29, 1.82) is 0 Å². The molecule has 1 heterocycles. The van der Waals surface area contributed by atoms with Crippen LogP contribution < -0.4 is 10.1 Å². The van der Waals surface area contributed by atoms with Crippen LogP contribution in [0.4, 0.5) is 0 Å². The largest absolute Gasteiger partial charge is 0.479 e. The zero-order valence-electron chi connectivity index (χ0n) is 11.6. The number of rotatable bonds is 6. The lowest BCUT2D eigenvalue weighted by molar-refractivity contribution is 0.102. The molecule has 0 spiro atoms. The first-order valence-corrected chi connectivity index (χ1v) is 6.40. The van der Waals surface area contributed by atoms with E-state index < -0.39 is 0 Å². The van der Waals surface area contributed by atoms with Gasteiger partial charge >= 0.3 is 0 Å². The molecular formula is C15H17N3O2. The molecule has 0 saturated carbocycles. The molecule has 1 aromatic carbocycles. The number of hydrogen-bond acceptors (Lipinski definition) is 5. The predicted octanol–water partition coefficient (Wildman–Crippen LogP) is 1.48. The van der Waals surface area contributed by atoms with Crippen molar-refractivity contribution in [2.45, 2.75) is 6.42 Å². The van der Waals surface area contributed by atoms with Crippen molar-refractivity contribution >= 4 is 5.78 Å². The van der Waals surface area contributed by atoms with Crippen molar-refractivity contribution < 1.29 is 9.53 Å². The third-order valence-electron chi connectivity index (χ3n) is 2.98. The van der Waals surface area contributed by atoms with E-state index in [0.29, 0.717) is 5.56 Å². The van der Waals surface area contributed by atoms with Crippen LogP contribution in [0.15, 0.2) is 36.7 Å². The van der Waals surface area contributed by atoms with Crippen LogP contribution in [0.1, 0.15) is 21.6 Å². The summed E-state index contributed by atoms with van der Waals surface area (Å²) in [5, 5.41) is 3.08. The maximum Gasteiger partial charge on any atom is 0.243 e. The summed E-state index contributed by atoms with van der Waals surface area (Å²) < 4.78 is 5.10. The average Bonchev–Trinajstić information content (AvgIpc) is 2.52. The highest BCUT2D eigenvalue weighted by Gasteiger charge is 2.19. The second-order valence-corrected chi connectivity index (χ2v) is 4.25. The Morgan fingerprint density at radius 2 is 2.00 bits per heavy atom. The van der Waals surface area contributed by atoms with E-state index in [0.717, 1.165) is 18.5 Å². The van der Waals surface area contributed by atoms with Gasteiger partial charge in [-0.05, 0) is 25.6 Å². The van der Waals surface area contributed by atoms with E-state index >= 15 is 0 Å². The van der Waals surface area contributed by atoms with Gasteiger partial charge in [0.05, 0.1) is 7.11 Å². The van der Waals surface area contributed by atoms with E-state index in [9.17, 15) is 4.79 Å². The summed E-state index contributed by atoms with van der Waals surface area (Å²) >= 11 is 0. The number of nitrogens with one attached hydrogen (secondary N) is 1. The summed E-state index contributed by atoms with van der Waals surface area (Å²) in [4.78, 5) is 20.7. The van der Waals surface area contributed by atoms with Crippen LogP contribution >= 0.6 is 0 Å². The van der Waals surface area contributed by atoms with Crippen molar-refractivity contribution in [2.75, 3.05) is 20.7 Å². The number of methoxy groups -OCH3 is 1. The summed E-state index contributed by atoms with van der Waals surface area (Å²) in [6.45, 7) is 0.807. The average molecular weight is 271 g/mol. The Kier molecular flexibility index (Phi) is 4.79. The number of nitrogens with zero attached hydrogens (tertiary/aromatic N) is 2. The maximum absolute atomic E-state index is 12.6. The number of carbonyl (C=O) groups is 1. The molecular weight excluding hydrogens is 254 g/mol. The molecule has 0 saturated heterocycles. The Balaban J connectivity index is 2.38. The van der Waals surface area contributed by atoms with Gasteiger partial charge in [-0.2, -0.15) is 0 Å². The van der Waals surface area contributed by atoms with Crippen LogP contribution in [0.2, 0.25) is 0 Å². The second kappa shape index (κ2) is 6.77. The van der Waals surface area contributed by atoms with Crippen LogP contribution in [0, 0.1) is 0 Å². The fourth-order valence-corrected chi connectivity index (χ4v) is 1.98. The molecule has 2 aromatic rings. The predicted molar refractivity (Wildman–Crippen MR) is 76.1 cm³/mol. The molecule has 20 heavy (non-hydrogen) atoms. The fraction of sp³-hybridized carbons (Fsp3) is 0.267. The molecule has 0 aliphatic carbocycles. The number of hydrogen-bond donors (Lipinski definition) is 1. The van der Waals surface area contributed by atoms with Gasteiger partial charge in [-0.1, -0.05) is 24.3 Å². The highest BCUT2D eigenvalue weighted by atomic mass is 16.5. The first kappa shape index (κ1) is 14.1. The molecule has 5 nitrogen and oxygen atoms in total. The van der Waals surface area contributed by atoms with Crippen molar-refractivity contribution in [3.8, 4) is 5.88 Å². The Morgan fingerprint density at radius 3 is 2.75 bits per heavy atom. The molecule has 0 unspecified atom stereocenters. The number of likely N-dealkylation sites (N-methyl/N-ethyl adjacent to an activating group) is 1. The van der Waals surface area contributed by atoms with E-state index in [1.54, 1.807) is 6.07 Å². The number of benzene rings is 1. The molecule has 0 radical (unpaired) electrons. The Bertz CT molecular complexity index is 599. The van der Waals surface area contributed by atoms with Gasteiger partial charge in [0.1, 0.15) is 0 Å². The summed E-state index contributed by atoms with van der Waals surface area (Å²) in [6, 6.07) is 7.53. The molecule has 2 rings (SSSR count). The van der Waals surface area contributed by atoms with E-state index in [1.165, 1.54) is 19.5 Å². The van der Waals surface area contributed by atoms with E-state index in [2.05, 4.69) is 15.3 Å². The third-order valence-corrected chi connectivity index (χ3v) is 2.98. The molecule has 0 fully saturated rings. The SMILES string of the molecule is CNCCc1ccccc1C(=O)c1nccnc1OC. The molecule has 104 valence electrons. The molecule has 0 amide bonds. The Labute approximate surface area is 118 Å². The molecule has 1 N–H and O–H groups in total. The molecule has 0 atom stereocenters. The standard InChI is InChI=1S/C15H17N3O2/c1-16-8-7-11-5-3-4-6-12(11)14(19)13-15(20-2)18-10-9-17-13/h3-6,9-10,16H,7-8H2,1-2H3. The fourth-order valence-electron chi connectivity index (χ4n) is 1.98. The Morgan fingerprint density at radius 1 is 1.25 bits per heavy atom. The first-order chi connectivity index (χ1) is 9.77. The monoisotopic (exact) mass is 271 g/mol. The lowest BCUT2D eigenvalue weighted by Crippen LogP contribution is -2.14. The lowest BCUT2D eigenvalue weighted by atomic mass is 9.99. The van der Waals surface area contributed by atoms with Crippen LogP contribution in [-0.4, -0.2) is 36.5 Å². The third kappa shape index (κ3) is 3.00. The topological polar surface area (TPSA) is 64.1 Å². The van der Waals surface area contributed by atoms with Crippen LogP contribution in [0.25, 0.3) is 0 Å². The number of carbonyl (C=O) groups excluding carboxylic acids is 1.